The number of benzene rings is 2. The van der Waals surface area contributed by atoms with Gasteiger partial charge in [0.15, 0.2) is 0 Å². The van der Waals surface area contributed by atoms with Gasteiger partial charge < -0.3 is 5.32 Å². The molecule has 2 aliphatic rings. The number of thioether (sulfide) groups is 1. The molecule has 0 saturated carbocycles. The molecule has 2 aromatic rings. The summed E-state index contributed by atoms with van der Waals surface area (Å²) < 4.78 is 27.9. The van der Waals surface area contributed by atoms with Gasteiger partial charge in [-0.3, -0.25) is 9.69 Å². The molecular formula is C24H31N3O3S2. The maximum Gasteiger partial charge on any atom is 0.255 e. The molecule has 1 atom stereocenters. The first-order chi connectivity index (χ1) is 15.4. The second-order valence-corrected chi connectivity index (χ2v) is 11.6. The molecule has 2 aromatic carbocycles. The standard InChI is InChI=1S/C24H31N3O3S2/c1-19-6-2-3-11-27(19)32(29,30)23-10-5-8-21(17-23)24(28)25-22-9-4-7-20(16-22)18-26-12-14-31-15-13-26/h4-5,7-10,16-17,19H,2-3,6,11-15,18H2,1H3,(H,25,28). The molecule has 1 amide bonds. The zero-order valence-electron chi connectivity index (χ0n) is 18.5. The molecule has 0 spiro atoms. The molecule has 0 radical (unpaired) electrons. The normalized spacial score (nSPS) is 20.7. The van der Waals surface area contributed by atoms with Crippen molar-refractivity contribution in [2.75, 3.05) is 36.5 Å². The van der Waals surface area contributed by atoms with E-state index in [1.807, 2.05) is 36.9 Å². The van der Waals surface area contributed by atoms with E-state index < -0.39 is 10.0 Å². The second-order valence-electron chi connectivity index (χ2n) is 8.53. The molecule has 2 heterocycles. The van der Waals surface area contributed by atoms with Gasteiger partial charge in [-0.15, -0.1) is 0 Å². The predicted molar refractivity (Wildman–Crippen MR) is 131 cm³/mol. The van der Waals surface area contributed by atoms with Crippen LogP contribution in [-0.2, 0) is 16.6 Å². The van der Waals surface area contributed by atoms with Crippen LogP contribution in [0.3, 0.4) is 0 Å². The summed E-state index contributed by atoms with van der Waals surface area (Å²) in [6.07, 6.45) is 2.79. The summed E-state index contributed by atoms with van der Waals surface area (Å²) in [6.45, 7) is 5.51. The Balaban J connectivity index is 1.47. The van der Waals surface area contributed by atoms with E-state index >= 15 is 0 Å². The smallest absolute Gasteiger partial charge is 0.255 e. The van der Waals surface area contributed by atoms with Crippen molar-refractivity contribution >= 4 is 33.4 Å². The van der Waals surface area contributed by atoms with Crippen LogP contribution in [0.1, 0.15) is 42.1 Å². The SMILES string of the molecule is CC1CCCCN1S(=O)(=O)c1cccc(C(=O)Nc2cccc(CN3CCSCC3)c2)c1. The summed E-state index contributed by atoms with van der Waals surface area (Å²) in [7, 11) is -3.62. The Bertz CT molecular complexity index is 1050. The fourth-order valence-electron chi connectivity index (χ4n) is 4.33. The summed E-state index contributed by atoms with van der Waals surface area (Å²) in [4.78, 5) is 15.5. The highest BCUT2D eigenvalue weighted by Gasteiger charge is 2.31. The molecule has 172 valence electrons. The van der Waals surface area contributed by atoms with Gasteiger partial charge in [-0.25, -0.2) is 8.42 Å². The largest absolute Gasteiger partial charge is 0.322 e. The minimum Gasteiger partial charge on any atom is -0.322 e. The summed E-state index contributed by atoms with van der Waals surface area (Å²) >= 11 is 1.99. The fraction of sp³-hybridized carbons (Fsp3) is 0.458. The molecule has 0 aromatic heterocycles. The number of anilines is 1. The number of nitrogens with zero attached hydrogens (tertiary/aromatic N) is 2. The number of piperidine rings is 1. The lowest BCUT2D eigenvalue weighted by atomic mass is 10.1. The number of sulfonamides is 1. The quantitative estimate of drug-likeness (QED) is 0.685. The fourth-order valence-corrected chi connectivity index (χ4v) is 7.05. The van der Waals surface area contributed by atoms with Gasteiger partial charge >= 0.3 is 0 Å². The van der Waals surface area contributed by atoms with Gasteiger partial charge in [-0.1, -0.05) is 24.6 Å². The van der Waals surface area contributed by atoms with Crippen LogP contribution < -0.4 is 5.32 Å². The van der Waals surface area contributed by atoms with Crippen molar-refractivity contribution in [1.29, 1.82) is 0 Å². The summed E-state index contributed by atoms with van der Waals surface area (Å²) in [5.74, 6) is 2.01. The summed E-state index contributed by atoms with van der Waals surface area (Å²) in [6, 6.07) is 14.2. The molecule has 1 unspecified atom stereocenters. The molecule has 0 bridgehead atoms. The number of carbonyl (C=O) groups is 1. The first-order valence-corrected chi connectivity index (χ1v) is 13.9. The van der Waals surface area contributed by atoms with Crippen LogP contribution >= 0.6 is 11.8 Å². The maximum absolute atomic E-state index is 13.2. The van der Waals surface area contributed by atoms with Gasteiger partial charge in [-0.05, 0) is 55.7 Å². The monoisotopic (exact) mass is 473 g/mol. The van der Waals surface area contributed by atoms with Crippen molar-refractivity contribution in [1.82, 2.24) is 9.21 Å². The third-order valence-corrected chi connectivity index (χ3v) is 9.09. The van der Waals surface area contributed by atoms with Crippen molar-refractivity contribution < 1.29 is 13.2 Å². The Morgan fingerprint density at radius 3 is 2.62 bits per heavy atom. The van der Waals surface area contributed by atoms with E-state index in [1.54, 1.807) is 22.5 Å². The Morgan fingerprint density at radius 1 is 1.06 bits per heavy atom. The molecule has 0 aliphatic carbocycles. The average molecular weight is 474 g/mol. The van der Waals surface area contributed by atoms with Crippen LogP contribution in [0.15, 0.2) is 53.4 Å². The minimum absolute atomic E-state index is 0.0209. The van der Waals surface area contributed by atoms with E-state index in [4.69, 9.17) is 0 Å². The molecule has 32 heavy (non-hydrogen) atoms. The van der Waals surface area contributed by atoms with E-state index in [-0.39, 0.29) is 16.8 Å². The molecule has 2 aliphatic heterocycles. The highest BCUT2D eigenvalue weighted by atomic mass is 32.2. The van der Waals surface area contributed by atoms with Gasteiger partial charge in [0.2, 0.25) is 10.0 Å². The van der Waals surface area contributed by atoms with Crippen LogP contribution in [0.4, 0.5) is 5.69 Å². The first-order valence-electron chi connectivity index (χ1n) is 11.3. The highest BCUT2D eigenvalue weighted by molar-refractivity contribution is 7.99. The van der Waals surface area contributed by atoms with Crippen molar-refractivity contribution in [2.45, 2.75) is 43.7 Å². The Kier molecular flexibility index (Phi) is 7.55. The minimum atomic E-state index is -3.62. The van der Waals surface area contributed by atoms with E-state index in [2.05, 4.69) is 16.3 Å². The molecule has 6 nitrogen and oxygen atoms in total. The highest BCUT2D eigenvalue weighted by Crippen LogP contribution is 2.26. The molecular weight excluding hydrogens is 442 g/mol. The topological polar surface area (TPSA) is 69.7 Å². The summed E-state index contributed by atoms with van der Waals surface area (Å²) in [5.41, 5.74) is 2.22. The van der Waals surface area contributed by atoms with E-state index in [0.717, 1.165) is 61.7 Å². The van der Waals surface area contributed by atoms with Gasteiger partial charge in [0.05, 0.1) is 4.90 Å². The molecule has 8 heteroatoms. The van der Waals surface area contributed by atoms with Gasteiger partial charge in [0, 0.05) is 55.0 Å². The average Bonchev–Trinajstić information content (AvgIpc) is 2.80. The third-order valence-electron chi connectivity index (χ3n) is 6.14. The molecule has 2 saturated heterocycles. The van der Waals surface area contributed by atoms with E-state index in [1.165, 1.54) is 6.07 Å². The van der Waals surface area contributed by atoms with Crippen molar-refractivity contribution in [3.8, 4) is 0 Å². The molecule has 4 rings (SSSR count). The number of hydrogen-bond donors (Lipinski definition) is 1. The second kappa shape index (κ2) is 10.4. The number of rotatable bonds is 6. The van der Waals surface area contributed by atoms with Crippen LogP contribution in [0.25, 0.3) is 0 Å². The zero-order chi connectivity index (χ0) is 22.6. The number of carbonyl (C=O) groups excluding carboxylic acids is 1. The molecule has 2 fully saturated rings. The van der Waals surface area contributed by atoms with Crippen molar-refractivity contribution in [3.63, 3.8) is 0 Å². The zero-order valence-corrected chi connectivity index (χ0v) is 20.1. The lowest BCUT2D eigenvalue weighted by molar-refractivity contribution is 0.102. The number of nitrogens with one attached hydrogen (secondary N) is 1. The van der Waals surface area contributed by atoms with Crippen LogP contribution in [0.2, 0.25) is 0 Å². The number of amides is 1. The Morgan fingerprint density at radius 2 is 1.84 bits per heavy atom. The Labute approximate surface area is 195 Å². The lowest BCUT2D eigenvalue weighted by Gasteiger charge is -2.32. The van der Waals surface area contributed by atoms with Crippen LogP contribution in [-0.4, -0.2) is 60.7 Å². The van der Waals surface area contributed by atoms with Gasteiger partial charge in [0.25, 0.3) is 5.91 Å². The lowest BCUT2D eigenvalue weighted by Crippen LogP contribution is -2.41. The van der Waals surface area contributed by atoms with E-state index in [9.17, 15) is 13.2 Å². The van der Waals surface area contributed by atoms with Crippen molar-refractivity contribution in [2.24, 2.45) is 0 Å². The van der Waals surface area contributed by atoms with E-state index in [0.29, 0.717) is 12.1 Å². The van der Waals surface area contributed by atoms with Gasteiger partial charge in [-0.2, -0.15) is 16.1 Å². The van der Waals surface area contributed by atoms with Gasteiger partial charge in [0.1, 0.15) is 0 Å². The third kappa shape index (κ3) is 5.54. The predicted octanol–water partition coefficient (Wildman–Crippen LogP) is 4.05. The summed E-state index contributed by atoms with van der Waals surface area (Å²) in [5, 5.41) is 2.93. The molecule has 1 N–H and O–H groups in total. The number of hydrogen-bond acceptors (Lipinski definition) is 5. The van der Waals surface area contributed by atoms with Crippen LogP contribution in [0, 0.1) is 0 Å². The Hall–Kier alpha value is -1.87. The van der Waals surface area contributed by atoms with Crippen molar-refractivity contribution in [3.05, 3.63) is 59.7 Å². The maximum atomic E-state index is 13.2. The first kappa shape index (κ1) is 23.3. The van der Waals surface area contributed by atoms with Crippen LogP contribution in [0.5, 0.6) is 0 Å².